The number of aryl methyl sites for hydroxylation is 1. The van der Waals surface area contributed by atoms with Crippen LogP contribution in [0.1, 0.15) is 51.5 Å². The summed E-state index contributed by atoms with van der Waals surface area (Å²) in [5.74, 6) is 0.272. The Morgan fingerprint density at radius 2 is 1.89 bits per heavy atom. The largest absolute Gasteiger partial charge is 0.459 e. The Labute approximate surface area is 167 Å². The minimum atomic E-state index is -0.342. The van der Waals surface area contributed by atoms with Crippen LogP contribution in [0, 0.1) is 12.8 Å². The van der Waals surface area contributed by atoms with E-state index in [0.29, 0.717) is 23.0 Å². The first-order chi connectivity index (χ1) is 13.5. The van der Waals surface area contributed by atoms with Gasteiger partial charge in [0.1, 0.15) is 0 Å². The molecule has 0 unspecified atom stereocenters. The number of carbonyl (C=O) groups is 3. The normalized spacial score (nSPS) is 17.4. The Balaban J connectivity index is 1.32. The van der Waals surface area contributed by atoms with E-state index in [1.54, 1.807) is 18.2 Å². The van der Waals surface area contributed by atoms with Crippen LogP contribution in [-0.2, 0) is 4.79 Å². The molecule has 0 aromatic carbocycles. The lowest BCUT2D eigenvalue weighted by Gasteiger charge is -2.32. The van der Waals surface area contributed by atoms with Crippen molar-refractivity contribution in [3.05, 3.63) is 40.7 Å². The highest BCUT2D eigenvalue weighted by molar-refractivity contribution is 7.18. The molecule has 8 heteroatoms. The van der Waals surface area contributed by atoms with Gasteiger partial charge in [0, 0.05) is 25.0 Å². The van der Waals surface area contributed by atoms with Crippen molar-refractivity contribution < 1.29 is 18.8 Å². The fourth-order valence-electron chi connectivity index (χ4n) is 3.43. The summed E-state index contributed by atoms with van der Waals surface area (Å²) in [6, 6.07) is 5.09. The van der Waals surface area contributed by atoms with Gasteiger partial charge >= 0.3 is 0 Å². The molecule has 3 heterocycles. The second-order valence-corrected chi connectivity index (χ2v) is 8.45. The number of thiophene rings is 1. The van der Waals surface area contributed by atoms with E-state index in [1.807, 2.05) is 11.8 Å². The predicted octanol–water partition coefficient (Wildman–Crippen LogP) is 3.03. The van der Waals surface area contributed by atoms with Crippen molar-refractivity contribution >= 4 is 34.1 Å². The molecule has 148 valence electrons. The molecule has 28 heavy (non-hydrogen) atoms. The Bertz CT molecular complexity index is 877. The molecule has 0 spiro atoms. The maximum absolute atomic E-state index is 12.7. The minimum Gasteiger partial charge on any atom is -0.459 e. The molecule has 1 saturated carbocycles. The Kier molecular flexibility index (Phi) is 5.21. The van der Waals surface area contributed by atoms with Gasteiger partial charge in [-0.2, -0.15) is 0 Å². The first kappa shape index (κ1) is 18.7. The van der Waals surface area contributed by atoms with Gasteiger partial charge in [0.2, 0.25) is 5.91 Å². The number of hydrogen-bond donors (Lipinski definition) is 2. The number of amides is 3. The molecule has 1 aliphatic carbocycles. The average molecular weight is 401 g/mol. The molecule has 3 amide bonds. The third-order valence-corrected chi connectivity index (χ3v) is 6.33. The van der Waals surface area contributed by atoms with Crippen molar-refractivity contribution in [3.8, 4) is 0 Å². The number of nitrogens with zero attached hydrogens (tertiary/aromatic N) is 1. The molecule has 2 fully saturated rings. The summed E-state index contributed by atoms with van der Waals surface area (Å²) in [6.45, 7) is 3.26. The highest BCUT2D eigenvalue weighted by Gasteiger charge is 2.35. The fourth-order valence-corrected chi connectivity index (χ4v) is 4.40. The van der Waals surface area contributed by atoms with Crippen LogP contribution in [0.4, 0.5) is 5.00 Å². The lowest BCUT2D eigenvalue weighted by molar-refractivity contribution is -0.133. The van der Waals surface area contributed by atoms with Gasteiger partial charge in [0.25, 0.3) is 11.8 Å². The van der Waals surface area contributed by atoms with Crippen LogP contribution in [0.15, 0.2) is 28.9 Å². The summed E-state index contributed by atoms with van der Waals surface area (Å²) in [6.07, 6.45) is 5.03. The maximum atomic E-state index is 12.7. The van der Waals surface area contributed by atoms with E-state index in [9.17, 15) is 14.4 Å². The first-order valence-electron chi connectivity index (χ1n) is 9.56. The van der Waals surface area contributed by atoms with Crippen LogP contribution in [0.5, 0.6) is 0 Å². The lowest BCUT2D eigenvalue weighted by Crippen LogP contribution is -2.46. The van der Waals surface area contributed by atoms with Crippen LogP contribution in [0.2, 0.25) is 0 Å². The van der Waals surface area contributed by atoms with E-state index in [0.717, 1.165) is 31.2 Å². The van der Waals surface area contributed by atoms with Gasteiger partial charge in [-0.15, -0.1) is 11.3 Å². The van der Waals surface area contributed by atoms with E-state index >= 15 is 0 Å². The topological polar surface area (TPSA) is 91.7 Å². The fraction of sp³-hybridized carbons (Fsp3) is 0.450. The van der Waals surface area contributed by atoms with Gasteiger partial charge in [-0.3, -0.25) is 14.4 Å². The number of furan rings is 1. The zero-order valence-corrected chi connectivity index (χ0v) is 16.5. The molecule has 2 aromatic heterocycles. The highest BCUT2D eigenvalue weighted by atomic mass is 32.1. The summed E-state index contributed by atoms with van der Waals surface area (Å²) < 4.78 is 5.08. The third-order valence-electron chi connectivity index (χ3n) is 5.17. The van der Waals surface area contributed by atoms with Crippen LogP contribution < -0.4 is 10.6 Å². The molecule has 0 atom stereocenters. The van der Waals surface area contributed by atoms with Gasteiger partial charge in [-0.1, -0.05) is 0 Å². The number of hydrogen-bond acceptors (Lipinski definition) is 5. The van der Waals surface area contributed by atoms with Crippen molar-refractivity contribution in [2.75, 3.05) is 18.4 Å². The number of anilines is 1. The van der Waals surface area contributed by atoms with E-state index in [2.05, 4.69) is 10.6 Å². The second-order valence-electron chi connectivity index (χ2n) is 7.40. The highest BCUT2D eigenvalue weighted by Crippen LogP contribution is 2.32. The van der Waals surface area contributed by atoms with Crippen LogP contribution in [-0.4, -0.2) is 41.8 Å². The molecule has 2 N–H and O–H groups in total. The number of piperidine rings is 1. The summed E-state index contributed by atoms with van der Waals surface area (Å²) >= 11 is 1.25. The molecular formula is C20H23N3O4S. The summed E-state index contributed by atoms with van der Waals surface area (Å²) in [5.41, 5.74) is 0.818. The Morgan fingerprint density at radius 1 is 1.14 bits per heavy atom. The van der Waals surface area contributed by atoms with Crippen molar-refractivity contribution in [2.45, 2.75) is 38.6 Å². The van der Waals surface area contributed by atoms with Gasteiger partial charge < -0.3 is 20.0 Å². The van der Waals surface area contributed by atoms with Gasteiger partial charge in [-0.05, 0) is 56.4 Å². The minimum absolute atomic E-state index is 0.0680. The monoisotopic (exact) mass is 401 g/mol. The van der Waals surface area contributed by atoms with Crippen molar-refractivity contribution in [1.82, 2.24) is 10.2 Å². The molecule has 1 saturated heterocycles. The summed E-state index contributed by atoms with van der Waals surface area (Å²) in [4.78, 5) is 39.4. The quantitative estimate of drug-likeness (QED) is 0.806. The first-order valence-corrected chi connectivity index (χ1v) is 10.4. The van der Waals surface area contributed by atoms with Crippen molar-refractivity contribution in [1.29, 1.82) is 0 Å². The van der Waals surface area contributed by atoms with E-state index in [4.69, 9.17) is 4.42 Å². The van der Waals surface area contributed by atoms with Gasteiger partial charge in [0.05, 0.1) is 16.1 Å². The van der Waals surface area contributed by atoms with Gasteiger partial charge in [0.15, 0.2) is 5.76 Å². The zero-order chi connectivity index (χ0) is 19.7. The molecule has 7 nitrogen and oxygen atoms in total. The molecule has 0 radical (unpaired) electrons. The lowest BCUT2D eigenvalue weighted by atomic mass is 10.0. The molecule has 2 aromatic rings. The Hall–Kier alpha value is -2.61. The Morgan fingerprint density at radius 3 is 2.54 bits per heavy atom. The van der Waals surface area contributed by atoms with E-state index < -0.39 is 0 Å². The number of likely N-dealkylation sites (tertiary alicyclic amines) is 1. The van der Waals surface area contributed by atoms with Crippen molar-refractivity contribution in [3.63, 3.8) is 0 Å². The van der Waals surface area contributed by atoms with E-state index in [-0.39, 0.29) is 35.4 Å². The van der Waals surface area contributed by atoms with Crippen LogP contribution in [0.3, 0.4) is 0 Å². The predicted molar refractivity (Wildman–Crippen MR) is 106 cm³/mol. The van der Waals surface area contributed by atoms with Crippen molar-refractivity contribution in [2.24, 2.45) is 5.92 Å². The standard InChI is InChI=1S/C20H23N3O4S/c1-12-11-16(22-18(24)15-3-2-10-27-15)28-17(12)19(25)21-14-6-8-23(9-7-14)20(26)13-4-5-13/h2-3,10-11,13-14H,4-9H2,1H3,(H,21,25)(H,22,24). The van der Waals surface area contributed by atoms with Gasteiger partial charge in [-0.25, -0.2) is 0 Å². The average Bonchev–Trinajstić information content (AvgIpc) is 3.25. The van der Waals surface area contributed by atoms with E-state index in [1.165, 1.54) is 17.6 Å². The zero-order valence-electron chi connectivity index (χ0n) is 15.7. The summed E-state index contributed by atoms with van der Waals surface area (Å²) in [5, 5.41) is 6.44. The van der Waals surface area contributed by atoms with Crippen LogP contribution >= 0.6 is 11.3 Å². The smallest absolute Gasteiger partial charge is 0.291 e. The second kappa shape index (κ2) is 7.79. The molecule has 1 aliphatic heterocycles. The summed E-state index contributed by atoms with van der Waals surface area (Å²) in [7, 11) is 0. The number of rotatable bonds is 5. The maximum Gasteiger partial charge on any atom is 0.291 e. The SMILES string of the molecule is Cc1cc(NC(=O)c2ccco2)sc1C(=O)NC1CCN(C(=O)C2CC2)CC1. The molecular weight excluding hydrogens is 378 g/mol. The number of carbonyl (C=O) groups excluding carboxylic acids is 3. The van der Waals surface area contributed by atoms with Crippen LogP contribution in [0.25, 0.3) is 0 Å². The molecule has 2 aliphatic rings. The molecule has 4 rings (SSSR count). The number of nitrogens with one attached hydrogen (secondary N) is 2. The third kappa shape index (κ3) is 4.11. The molecule has 0 bridgehead atoms.